The Bertz CT molecular complexity index is 749. The van der Waals surface area contributed by atoms with Crippen LogP contribution >= 0.6 is 0 Å². The van der Waals surface area contributed by atoms with E-state index in [4.69, 9.17) is 0 Å². The quantitative estimate of drug-likeness (QED) is 0.922. The second-order valence-corrected chi connectivity index (χ2v) is 7.72. The molecule has 2 aromatic carbocycles. The summed E-state index contributed by atoms with van der Waals surface area (Å²) in [7, 11) is 0. The maximum atomic E-state index is 13.0. The number of fused-ring (bicyclic) bond motifs is 1. The largest absolute Gasteiger partial charge is 0.393 e. The van der Waals surface area contributed by atoms with Gasteiger partial charge in [0.2, 0.25) is 5.91 Å². The van der Waals surface area contributed by atoms with Gasteiger partial charge in [-0.3, -0.25) is 4.79 Å². The van der Waals surface area contributed by atoms with E-state index in [0.717, 1.165) is 51.5 Å². The van der Waals surface area contributed by atoms with E-state index in [2.05, 4.69) is 47.4 Å². The van der Waals surface area contributed by atoms with Gasteiger partial charge in [0.25, 0.3) is 0 Å². The Hall–Kier alpha value is -1.87. The number of hydrogen-bond acceptors (Lipinski definition) is 2. The lowest BCUT2D eigenvalue weighted by Gasteiger charge is -2.40. The summed E-state index contributed by atoms with van der Waals surface area (Å²) in [6.45, 7) is 0.897. The first kappa shape index (κ1) is 16.6. The minimum absolute atomic E-state index is 0.113. The number of benzene rings is 2. The zero-order chi connectivity index (χ0) is 17.2. The van der Waals surface area contributed by atoms with Crippen molar-refractivity contribution >= 4 is 16.7 Å². The first-order chi connectivity index (χ1) is 12.2. The van der Waals surface area contributed by atoms with Gasteiger partial charge in [-0.1, -0.05) is 42.5 Å². The number of aliphatic hydroxyl groups is 1. The summed E-state index contributed by atoms with van der Waals surface area (Å²) in [5.74, 6) is 0.447. The Kier molecular flexibility index (Phi) is 4.76. The van der Waals surface area contributed by atoms with Crippen LogP contribution in [0.25, 0.3) is 10.8 Å². The van der Waals surface area contributed by atoms with Crippen molar-refractivity contribution in [2.45, 2.75) is 57.1 Å². The fraction of sp³-hybridized carbons (Fsp3) is 0.500. The van der Waals surface area contributed by atoms with Crippen LogP contribution in [-0.2, 0) is 11.2 Å². The third-order valence-electron chi connectivity index (χ3n) is 5.99. The number of piperidine rings is 1. The van der Waals surface area contributed by atoms with E-state index in [1.54, 1.807) is 0 Å². The Labute approximate surface area is 149 Å². The van der Waals surface area contributed by atoms with Gasteiger partial charge in [0.15, 0.2) is 0 Å². The van der Waals surface area contributed by atoms with Gasteiger partial charge in [-0.25, -0.2) is 0 Å². The van der Waals surface area contributed by atoms with Crippen LogP contribution in [0.1, 0.15) is 44.1 Å². The summed E-state index contributed by atoms with van der Waals surface area (Å²) in [5, 5.41) is 12.2. The number of rotatable bonds is 3. The van der Waals surface area contributed by atoms with Gasteiger partial charge < -0.3 is 10.0 Å². The molecule has 1 aliphatic heterocycles. The number of carbonyl (C=O) groups is 1. The van der Waals surface area contributed by atoms with Gasteiger partial charge in [-0.2, -0.15) is 0 Å². The van der Waals surface area contributed by atoms with Gasteiger partial charge in [0.05, 0.1) is 6.10 Å². The molecule has 2 aliphatic rings. The van der Waals surface area contributed by atoms with E-state index >= 15 is 0 Å². The molecule has 1 aliphatic carbocycles. The molecule has 2 aromatic rings. The molecule has 1 atom stereocenters. The molecule has 1 saturated carbocycles. The summed E-state index contributed by atoms with van der Waals surface area (Å²) in [5.41, 5.74) is 1.26. The van der Waals surface area contributed by atoms with Crippen LogP contribution in [0, 0.1) is 5.92 Å². The number of likely N-dealkylation sites (tertiary alicyclic amines) is 1. The molecule has 132 valence electrons. The molecule has 1 N–H and O–H groups in total. The lowest BCUT2D eigenvalue weighted by atomic mass is 9.86. The molecule has 0 radical (unpaired) electrons. The molecule has 1 heterocycles. The maximum Gasteiger partial charge on any atom is 0.226 e. The predicted octanol–water partition coefficient (Wildman–Crippen LogP) is 3.92. The number of hydrogen-bond donors (Lipinski definition) is 1. The second-order valence-electron chi connectivity index (χ2n) is 7.72. The first-order valence-electron chi connectivity index (χ1n) is 9.67. The average molecular weight is 337 g/mol. The van der Waals surface area contributed by atoms with Gasteiger partial charge >= 0.3 is 0 Å². The van der Waals surface area contributed by atoms with Crippen molar-refractivity contribution in [3.8, 4) is 0 Å². The standard InChI is InChI=1S/C22H27NO2/c24-21-11-9-20(10-12-21)23-13-3-6-19(22(23)25)15-16-7-8-17-4-1-2-5-18(17)14-16/h1-2,4-5,7-8,14,19-21,24H,3,6,9-13,15H2/t19?,20-,21+. The summed E-state index contributed by atoms with van der Waals surface area (Å²) in [6, 6.07) is 15.3. The predicted molar refractivity (Wildman–Crippen MR) is 100 cm³/mol. The normalized spacial score (nSPS) is 27.6. The summed E-state index contributed by atoms with van der Waals surface area (Å²) >= 11 is 0. The Morgan fingerprint density at radius 3 is 2.52 bits per heavy atom. The van der Waals surface area contributed by atoms with Crippen LogP contribution in [0.5, 0.6) is 0 Å². The molecular formula is C22H27NO2. The van der Waals surface area contributed by atoms with Crippen LogP contribution in [-0.4, -0.2) is 34.6 Å². The van der Waals surface area contributed by atoms with Crippen LogP contribution < -0.4 is 0 Å². The van der Waals surface area contributed by atoms with Gasteiger partial charge in [-0.05, 0) is 61.3 Å². The molecular weight excluding hydrogens is 310 g/mol. The molecule has 0 aromatic heterocycles. The number of carbonyl (C=O) groups excluding carboxylic acids is 1. The highest BCUT2D eigenvalue weighted by atomic mass is 16.3. The van der Waals surface area contributed by atoms with E-state index < -0.39 is 0 Å². The third kappa shape index (κ3) is 3.57. The van der Waals surface area contributed by atoms with Gasteiger partial charge in [0.1, 0.15) is 0 Å². The van der Waals surface area contributed by atoms with Crippen LogP contribution in [0.4, 0.5) is 0 Å². The van der Waals surface area contributed by atoms with E-state index in [-0.39, 0.29) is 12.0 Å². The van der Waals surface area contributed by atoms with E-state index in [1.165, 1.54) is 16.3 Å². The summed E-state index contributed by atoms with van der Waals surface area (Å²) < 4.78 is 0. The maximum absolute atomic E-state index is 13.0. The summed E-state index contributed by atoms with van der Waals surface area (Å²) in [6.07, 6.45) is 6.36. The minimum atomic E-state index is -0.162. The van der Waals surface area contributed by atoms with Crippen LogP contribution in [0.15, 0.2) is 42.5 Å². The van der Waals surface area contributed by atoms with Crippen molar-refractivity contribution in [2.24, 2.45) is 5.92 Å². The van der Waals surface area contributed by atoms with Crippen molar-refractivity contribution in [3.63, 3.8) is 0 Å². The number of amides is 1. The highest BCUT2D eigenvalue weighted by Gasteiger charge is 2.34. The first-order valence-corrected chi connectivity index (χ1v) is 9.67. The highest BCUT2D eigenvalue weighted by molar-refractivity contribution is 5.84. The Balaban J connectivity index is 1.46. The second kappa shape index (κ2) is 7.17. The van der Waals surface area contributed by atoms with Crippen molar-refractivity contribution in [3.05, 3.63) is 48.0 Å². The molecule has 4 rings (SSSR count). The lowest BCUT2D eigenvalue weighted by Crippen LogP contribution is -2.49. The van der Waals surface area contributed by atoms with E-state index in [0.29, 0.717) is 11.9 Å². The monoisotopic (exact) mass is 337 g/mol. The zero-order valence-electron chi connectivity index (χ0n) is 14.7. The van der Waals surface area contributed by atoms with E-state index in [1.807, 2.05) is 0 Å². The smallest absolute Gasteiger partial charge is 0.226 e. The molecule has 1 saturated heterocycles. The lowest BCUT2D eigenvalue weighted by molar-refractivity contribution is -0.142. The van der Waals surface area contributed by atoms with Crippen molar-refractivity contribution in [1.29, 1.82) is 0 Å². The topological polar surface area (TPSA) is 40.5 Å². The van der Waals surface area contributed by atoms with Gasteiger partial charge in [0, 0.05) is 18.5 Å². The third-order valence-corrected chi connectivity index (χ3v) is 5.99. The SMILES string of the molecule is O=C1C(Cc2ccc3ccccc3c2)CCCN1[C@H]1CC[C@@H](O)CC1. The molecule has 3 heteroatoms. The van der Waals surface area contributed by atoms with Crippen molar-refractivity contribution in [1.82, 2.24) is 4.90 Å². The van der Waals surface area contributed by atoms with Crippen molar-refractivity contribution in [2.75, 3.05) is 6.54 Å². The average Bonchev–Trinajstić information content (AvgIpc) is 2.64. The van der Waals surface area contributed by atoms with Crippen LogP contribution in [0.3, 0.4) is 0 Å². The fourth-order valence-electron chi connectivity index (χ4n) is 4.55. The van der Waals surface area contributed by atoms with Crippen molar-refractivity contribution < 1.29 is 9.90 Å². The highest BCUT2D eigenvalue weighted by Crippen LogP contribution is 2.30. The number of aliphatic hydroxyl groups excluding tert-OH is 1. The summed E-state index contributed by atoms with van der Waals surface area (Å²) in [4.78, 5) is 15.2. The molecule has 0 spiro atoms. The molecule has 0 bridgehead atoms. The van der Waals surface area contributed by atoms with E-state index in [9.17, 15) is 9.90 Å². The van der Waals surface area contributed by atoms with Crippen LogP contribution in [0.2, 0.25) is 0 Å². The molecule has 2 fully saturated rings. The fourth-order valence-corrected chi connectivity index (χ4v) is 4.55. The molecule has 1 amide bonds. The Morgan fingerprint density at radius 1 is 0.960 bits per heavy atom. The number of nitrogens with zero attached hydrogens (tertiary/aromatic N) is 1. The Morgan fingerprint density at radius 2 is 1.72 bits per heavy atom. The molecule has 1 unspecified atom stereocenters. The van der Waals surface area contributed by atoms with Gasteiger partial charge in [-0.15, -0.1) is 0 Å². The molecule has 25 heavy (non-hydrogen) atoms. The zero-order valence-corrected chi connectivity index (χ0v) is 14.7. The molecule has 3 nitrogen and oxygen atoms in total. The minimum Gasteiger partial charge on any atom is -0.393 e.